The molecule has 0 saturated carbocycles. The summed E-state index contributed by atoms with van der Waals surface area (Å²) >= 11 is 1.75. The van der Waals surface area contributed by atoms with Gasteiger partial charge in [-0.1, -0.05) is 0 Å². The number of nitrogens with one attached hydrogen (secondary N) is 1. The van der Waals surface area contributed by atoms with Gasteiger partial charge in [-0.3, -0.25) is 0 Å². The number of rotatable bonds is 2. The molecule has 3 heterocycles. The summed E-state index contributed by atoms with van der Waals surface area (Å²) in [6.07, 6.45) is 1.03. The molecule has 0 amide bonds. The molecule has 5 heteroatoms. The number of nitrogens with zero attached hydrogens (tertiary/aromatic N) is 2. The van der Waals surface area contributed by atoms with Gasteiger partial charge < -0.3 is 10.1 Å². The highest BCUT2D eigenvalue weighted by Gasteiger charge is 2.23. The zero-order valence-corrected chi connectivity index (χ0v) is 11.7. The standard InChI is InChI=1S/C13H17N3OS/c1-7-8(2)18-13-10(7)12(14-3)15-11(16-13)9-4-5-17-6-9/h9H,4-6H2,1-3H3,(H,14,15,16). The first-order valence-electron chi connectivity index (χ1n) is 6.24. The molecule has 4 nitrogen and oxygen atoms in total. The van der Waals surface area contributed by atoms with E-state index in [0.29, 0.717) is 5.92 Å². The zero-order valence-electron chi connectivity index (χ0n) is 10.9. The summed E-state index contributed by atoms with van der Waals surface area (Å²) < 4.78 is 5.43. The van der Waals surface area contributed by atoms with Gasteiger partial charge in [0.05, 0.1) is 12.0 Å². The summed E-state index contributed by atoms with van der Waals surface area (Å²) in [6.45, 7) is 5.84. The third-order valence-electron chi connectivity index (χ3n) is 3.58. The molecule has 1 saturated heterocycles. The summed E-state index contributed by atoms with van der Waals surface area (Å²) in [5.74, 6) is 2.22. The predicted molar refractivity (Wildman–Crippen MR) is 74.6 cm³/mol. The van der Waals surface area contributed by atoms with E-state index in [0.717, 1.165) is 36.1 Å². The van der Waals surface area contributed by atoms with Crippen molar-refractivity contribution in [3.05, 3.63) is 16.3 Å². The highest BCUT2D eigenvalue weighted by Crippen LogP contribution is 2.35. The van der Waals surface area contributed by atoms with E-state index < -0.39 is 0 Å². The van der Waals surface area contributed by atoms with Crippen LogP contribution in [-0.4, -0.2) is 30.2 Å². The highest BCUT2D eigenvalue weighted by molar-refractivity contribution is 7.18. The number of aryl methyl sites for hydroxylation is 2. The molecule has 1 aliphatic heterocycles. The summed E-state index contributed by atoms with van der Waals surface area (Å²) in [6, 6.07) is 0. The molecule has 1 fully saturated rings. The Kier molecular flexibility index (Phi) is 2.95. The van der Waals surface area contributed by atoms with Gasteiger partial charge in [-0.25, -0.2) is 9.97 Å². The Balaban J connectivity index is 2.18. The van der Waals surface area contributed by atoms with Gasteiger partial charge in [-0.2, -0.15) is 0 Å². The quantitative estimate of drug-likeness (QED) is 0.905. The SMILES string of the molecule is CNc1nc(C2CCOC2)nc2sc(C)c(C)c12. The Morgan fingerprint density at radius 2 is 2.17 bits per heavy atom. The van der Waals surface area contributed by atoms with Crippen LogP contribution < -0.4 is 5.32 Å². The Morgan fingerprint density at radius 3 is 2.83 bits per heavy atom. The first-order valence-corrected chi connectivity index (χ1v) is 7.05. The molecule has 1 aliphatic rings. The lowest BCUT2D eigenvalue weighted by Crippen LogP contribution is -2.06. The Hall–Kier alpha value is -1.20. The molecule has 1 atom stereocenters. The highest BCUT2D eigenvalue weighted by atomic mass is 32.1. The van der Waals surface area contributed by atoms with Crippen LogP contribution in [0.4, 0.5) is 5.82 Å². The Morgan fingerprint density at radius 1 is 1.33 bits per heavy atom. The van der Waals surface area contributed by atoms with Gasteiger partial charge in [0.25, 0.3) is 0 Å². The first-order chi connectivity index (χ1) is 8.70. The topological polar surface area (TPSA) is 47.0 Å². The molecule has 1 N–H and O–H groups in total. The van der Waals surface area contributed by atoms with Crippen molar-refractivity contribution in [2.24, 2.45) is 0 Å². The number of fused-ring (bicyclic) bond motifs is 1. The van der Waals surface area contributed by atoms with Crippen LogP contribution in [0, 0.1) is 13.8 Å². The second-order valence-electron chi connectivity index (χ2n) is 4.70. The van der Waals surface area contributed by atoms with E-state index >= 15 is 0 Å². The minimum atomic E-state index is 0.351. The predicted octanol–water partition coefficient (Wildman–Crippen LogP) is 2.85. The molecule has 0 spiro atoms. The van der Waals surface area contributed by atoms with E-state index in [4.69, 9.17) is 9.72 Å². The lowest BCUT2D eigenvalue weighted by atomic mass is 10.1. The smallest absolute Gasteiger partial charge is 0.138 e. The van der Waals surface area contributed by atoms with E-state index in [1.165, 1.54) is 15.8 Å². The summed E-state index contributed by atoms with van der Waals surface area (Å²) in [5.41, 5.74) is 1.29. The normalized spacial score (nSPS) is 19.6. The van der Waals surface area contributed by atoms with Crippen LogP contribution >= 0.6 is 11.3 Å². The fraction of sp³-hybridized carbons (Fsp3) is 0.538. The molecule has 2 aromatic rings. The lowest BCUT2D eigenvalue weighted by Gasteiger charge is -2.09. The number of hydrogen-bond donors (Lipinski definition) is 1. The minimum Gasteiger partial charge on any atom is -0.381 e. The Labute approximate surface area is 110 Å². The molecule has 0 aliphatic carbocycles. The van der Waals surface area contributed by atoms with Gasteiger partial charge in [-0.05, 0) is 25.8 Å². The molecular formula is C13H17N3OS. The van der Waals surface area contributed by atoms with Crippen molar-refractivity contribution in [2.75, 3.05) is 25.6 Å². The number of thiophene rings is 1. The Bertz CT molecular complexity index is 587. The average molecular weight is 263 g/mol. The van der Waals surface area contributed by atoms with Crippen LogP contribution in [0.3, 0.4) is 0 Å². The second kappa shape index (κ2) is 4.48. The number of aromatic nitrogens is 2. The molecule has 0 bridgehead atoms. The van der Waals surface area contributed by atoms with Crippen LogP contribution in [0.1, 0.15) is 28.6 Å². The van der Waals surface area contributed by atoms with Crippen molar-refractivity contribution in [3.63, 3.8) is 0 Å². The van der Waals surface area contributed by atoms with Gasteiger partial charge in [0, 0.05) is 24.4 Å². The van der Waals surface area contributed by atoms with E-state index in [9.17, 15) is 0 Å². The molecule has 2 aromatic heterocycles. The van der Waals surface area contributed by atoms with Crippen molar-refractivity contribution in [1.82, 2.24) is 9.97 Å². The summed E-state index contributed by atoms with van der Waals surface area (Å²) in [5, 5.41) is 4.37. The van der Waals surface area contributed by atoms with Gasteiger partial charge in [0.2, 0.25) is 0 Å². The van der Waals surface area contributed by atoms with Gasteiger partial charge in [0.1, 0.15) is 16.5 Å². The van der Waals surface area contributed by atoms with E-state index in [-0.39, 0.29) is 0 Å². The van der Waals surface area contributed by atoms with Crippen molar-refractivity contribution >= 4 is 27.4 Å². The van der Waals surface area contributed by atoms with Crippen molar-refractivity contribution in [2.45, 2.75) is 26.2 Å². The first kappa shape index (κ1) is 11.9. The van der Waals surface area contributed by atoms with Crippen molar-refractivity contribution < 1.29 is 4.74 Å². The van der Waals surface area contributed by atoms with Crippen LogP contribution in [0.5, 0.6) is 0 Å². The molecule has 96 valence electrons. The van der Waals surface area contributed by atoms with Crippen LogP contribution in [0.25, 0.3) is 10.2 Å². The number of ether oxygens (including phenoxy) is 1. The van der Waals surface area contributed by atoms with E-state index in [2.05, 4.69) is 24.1 Å². The fourth-order valence-corrected chi connectivity index (χ4v) is 3.40. The summed E-state index contributed by atoms with van der Waals surface area (Å²) in [7, 11) is 1.92. The third-order valence-corrected chi connectivity index (χ3v) is 4.68. The molecule has 0 radical (unpaired) electrons. The minimum absolute atomic E-state index is 0.351. The molecule has 3 rings (SSSR count). The largest absolute Gasteiger partial charge is 0.381 e. The molecule has 0 aromatic carbocycles. The fourth-order valence-electron chi connectivity index (χ4n) is 2.37. The maximum atomic E-state index is 5.43. The van der Waals surface area contributed by atoms with Gasteiger partial charge in [0.15, 0.2) is 0 Å². The third kappa shape index (κ3) is 1.78. The second-order valence-corrected chi connectivity index (χ2v) is 5.91. The van der Waals surface area contributed by atoms with Gasteiger partial charge in [-0.15, -0.1) is 11.3 Å². The maximum absolute atomic E-state index is 5.43. The molecular weight excluding hydrogens is 246 g/mol. The zero-order chi connectivity index (χ0) is 12.7. The lowest BCUT2D eigenvalue weighted by molar-refractivity contribution is 0.193. The van der Waals surface area contributed by atoms with E-state index in [1.54, 1.807) is 11.3 Å². The van der Waals surface area contributed by atoms with Crippen molar-refractivity contribution in [1.29, 1.82) is 0 Å². The van der Waals surface area contributed by atoms with Crippen molar-refractivity contribution in [3.8, 4) is 0 Å². The monoisotopic (exact) mass is 263 g/mol. The average Bonchev–Trinajstić information content (AvgIpc) is 2.98. The molecule has 18 heavy (non-hydrogen) atoms. The van der Waals surface area contributed by atoms with E-state index in [1.807, 2.05) is 7.05 Å². The molecule has 1 unspecified atom stereocenters. The maximum Gasteiger partial charge on any atom is 0.138 e. The number of anilines is 1. The van der Waals surface area contributed by atoms with Crippen LogP contribution in [0.15, 0.2) is 0 Å². The van der Waals surface area contributed by atoms with Crippen LogP contribution in [0.2, 0.25) is 0 Å². The summed E-state index contributed by atoms with van der Waals surface area (Å²) in [4.78, 5) is 11.8. The van der Waals surface area contributed by atoms with Gasteiger partial charge >= 0.3 is 0 Å². The number of hydrogen-bond acceptors (Lipinski definition) is 5. The van der Waals surface area contributed by atoms with Crippen LogP contribution in [-0.2, 0) is 4.74 Å².